The van der Waals surface area contributed by atoms with Crippen molar-refractivity contribution in [3.05, 3.63) is 36.2 Å². The Balaban J connectivity index is 1.79. The Morgan fingerprint density at radius 2 is 2.15 bits per heavy atom. The number of hydrogen-bond donors (Lipinski definition) is 1. The SMILES string of the molecule is COCCC1(C#N)CN(c2nn(-c3cccc(C(C)(F)F)n3)c3cc(NC(C)=O)ncc23)C1. The van der Waals surface area contributed by atoms with Crippen LogP contribution in [0.5, 0.6) is 0 Å². The van der Waals surface area contributed by atoms with E-state index in [1.165, 1.54) is 23.7 Å². The molecule has 3 aromatic rings. The summed E-state index contributed by atoms with van der Waals surface area (Å²) in [6.45, 7) is 3.52. The Labute approximate surface area is 189 Å². The van der Waals surface area contributed by atoms with Crippen LogP contribution in [0.4, 0.5) is 20.4 Å². The van der Waals surface area contributed by atoms with Gasteiger partial charge in [-0.3, -0.25) is 4.79 Å². The number of anilines is 2. The molecule has 1 N–H and O–H groups in total. The van der Waals surface area contributed by atoms with Gasteiger partial charge < -0.3 is 15.0 Å². The second-order valence-electron chi connectivity index (χ2n) is 8.26. The third kappa shape index (κ3) is 4.34. The van der Waals surface area contributed by atoms with Crippen molar-refractivity contribution in [2.75, 3.05) is 37.0 Å². The van der Waals surface area contributed by atoms with Crippen LogP contribution in [0, 0.1) is 16.7 Å². The first-order valence-corrected chi connectivity index (χ1v) is 10.3. The number of carbonyl (C=O) groups excluding carboxylic acids is 1. The lowest BCUT2D eigenvalue weighted by molar-refractivity contribution is -0.114. The number of nitriles is 1. The van der Waals surface area contributed by atoms with Gasteiger partial charge >= 0.3 is 0 Å². The van der Waals surface area contributed by atoms with Crippen LogP contribution >= 0.6 is 0 Å². The molecule has 0 aliphatic carbocycles. The van der Waals surface area contributed by atoms with E-state index >= 15 is 0 Å². The van der Waals surface area contributed by atoms with Gasteiger partial charge in [0.1, 0.15) is 11.5 Å². The minimum absolute atomic E-state index is 0.205. The lowest BCUT2D eigenvalue weighted by Crippen LogP contribution is -2.56. The number of methoxy groups -OCH3 is 1. The molecule has 1 aliphatic heterocycles. The number of halogens is 2. The van der Waals surface area contributed by atoms with E-state index in [4.69, 9.17) is 4.74 Å². The molecule has 0 atom stereocenters. The normalized spacial score (nSPS) is 15.2. The third-order valence-corrected chi connectivity index (χ3v) is 5.56. The van der Waals surface area contributed by atoms with E-state index in [-0.39, 0.29) is 17.4 Å². The molecule has 9 nitrogen and oxygen atoms in total. The molecular weight excluding hydrogens is 432 g/mol. The van der Waals surface area contributed by atoms with Gasteiger partial charge in [0, 0.05) is 52.9 Å². The fourth-order valence-electron chi connectivity index (χ4n) is 3.85. The molecule has 172 valence electrons. The second kappa shape index (κ2) is 8.37. The Morgan fingerprint density at radius 3 is 2.79 bits per heavy atom. The molecule has 1 fully saturated rings. The first kappa shape index (κ1) is 22.5. The molecule has 33 heavy (non-hydrogen) atoms. The molecule has 4 rings (SSSR count). The van der Waals surface area contributed by atoms with Gasteiger partial charge in [-0.05, 0) is 18.6 Å². The molecule has 0 radical (unpaired) electrons. The lowest BCUT2D eigenvalue weighted by atomic mass is 9.78. The largest absolute Gasteiger partial charge is 0.385 e. The van der Waals surface area contributed by atoms with Gasteiger partial charge in [0.05, 0.1) is 22.4 Å². The summed E-state index contributed by atoms with van der Waals surface area (Å²) in [4.78, 5) is 21.8. The molecule has 1 aliphatic rings. The van der Waals surface area contributed by atoms with Gasteiger partial charge in [0.25, 0.3) is 5.92 Å². The Kier molecular flexibility index (Phi) is 5.71. The number of carbonyl (C=O) groups is 1. The summed E-state index contributed by atoms with van der Waals surface area (Å²) < 4.78 is 34.4. The summed E-state index contributed by atoms with van der Waals surface area (Å²) in [5.74, 6) is -2.34. The number of nitrogens with zero attached hydrogens (tertiary/aromatic N) is 6. The van der Waals surface area contributed by atoms with Crippen molar-refractivity contribution < 1.29 is 18.3 Å². The quantitative estimate of drug-likeness (QED) is 0.582. The highest BCUT2D eigenvalue weighted by molar-refractivity contribution is 5.95. The van der Waals surface area contributed by atoms with Crippen molar-refractivity contribution in [2.24, 2.45) is 5.41 Å². The topological polar surface area (TPSA) is 109 Å². The van der Waals surface area contributed by atoms with Gasteiger partial charge in [-0.1, -0.05) is 6.07 Å². The highest BCUT2D eigenvalue weighted by Gasteiger charge is 2.44. The van der Waals surface area contributed by atoms with Crippen molar-refractivity contribution in [3.63, 3.8) is 0 Å². The molecule has 11 heteroatoms. The summed E-state index contributed by atoms with van der Waals surface area (Å²) >= 11 is 0. The minimum Gasteiger partial charge on any atom is -0.385 e. The zero-order chi connectivity index (χ0) is 23.8. The number of pyridine rings is 2. The van der Waals surface area contributed by atoms with Crippen molar-refractivity contribution in [2.45, 2.75) is 26.2 Å². The van der Waals surface area contributed by atoms with Crippen molar-refractivity contribution in [1.82, 2.24) is 19.7 Å². The standard InChI is InChI=1S/C22H23F2N7O2/c1-14(32)27-18-9-16-15(10-26-18)20(30-12-22(11-25,13-30)7-8-33-3)29-31(16)19-6-4-5-17(28-19)21(2,23)24/h4-6,9-10H,7-8,12-13H2,1-3H3,(H,26,27,32). The lowest BCUT2D eigenvalue weighted by Gasteiger charge is -2.45. The van der Waals surface area contributed by atoms with E-state index in [1.54, 1.807) is 25.4 Å². The maximum absolute atomic E-state index is 13.9. The Hall–Kier alpha value is -3.65. The predicted octanol–water partition coefficient (Wildman–Crippen LogP) is 3.25. The maximum atomic E-state index is 13.9. The summed E-state index contributed by atoms with van der Waals surface area (Å²) in [6, 6.07) is 8.33. The number of alkyl halides is 2. The van der Waals surface area contributed by atoms with Crippen LogP contribution in [0.15, 0.2) is 30.5 Å². The molecule has 1 amide bonds. The first-order valence-electron chi connectivity index (χ1n) is 10.3. The van der Waals surface area contributed by atoms with Crippen molar-refractivity contribution in [3.8, 4) is 11.9 Å². The number of hydrogen-bond acceptors (Lipinski definition) is 7. The maximum Gasteiger partial charge on any atom is 0.287 e. The van der Waals surface area contributed by atoms with E-state index in [9.17, 15) is 18.8 Å². The number of rotatable bonds is 7. The molecule has 0 saturated carbocycles. The predicted molar refractivity (Wildman–Crippen MR) is 117 cm³/mol. The molecular formula is C22H23F2N7O2. The van der Waals surface area contributed by atoms with E-state index < -0.39 is 11.3 Å². The van der Waals surface area contributed by atoms with Crippen LogP contribution in [-0.2, 0) is 15.5 Å². The van der Waals surface area contributed by atoms with Gasteiger partial charge in [0.15, 0.2) is 11.6 Å². The Morgan fingerprint density at radius 1 is 1.39 bits per heavy atom. The average molecular weight is 455 g/mol. The smallest absolute Gasteiger partial charge is 0.287 e. The molecule has 0 aromatic carbocycles. The van der Waals surface area contributed by atoms with Gasteiger partial charge in [-0.25, -0.2) is 14.6 Å². The highest BCUT2D eigenvalue weighted by Crippen LogP contribution is 2.40. The molecule has 0 unspecified atom stereocenters. The summed E-state index contributed by atoms with van der Waals surface area (Å²) in [6.07, 6.45) is 2.16. The third-order valence-electron chi connectivity index (χ3n) is 5.56. The summed E-state index contributed by atoms with van der Waals surface area (Å²) in [5.41, 5.74) is -0.384. The van der Waals surface area contributed by atoms with Crippen LogP contribution in [0.3, 0.4) is 0 Å². The second-order valence-corrected chi connectivity index (χ2v) is 8.26. The molecule has 1 saturated heterocycles. The fraction of sp³-hybridized carbons (Fsp3) is 0.409. The van der Waals surface area contributed by atoms with Crippen LogP contribution in [0.1, 0.15) is 26.0 Å². The number of nitrogens with one attached hydrogen (secondary N) is 1. The minimum atomic E-state index is -3.12. The van der Waals surface area contributed by atoms with E-state index in [2.05, 4.69) is 26.5 Å². The van der Waals surface area contributed by atoms with Crippen LogP contribution < -0.4 is 10.2 Å². The van der Waals surface area contributed by atoms with Crippen molar-refractivity contribution in [1.29, 1.82) is 5.26 Å². The molecule has 0 spiro atoms. The number of amides is 1. The number of fused-ring (bicyclic) bond motifs is 1. The molecule has 3 aromatic heterocycles. The zero-order valence-electron chi connectivity index (χ0n) is 18.5. The monoisotopic (exact) mass is 455 g/mol. The van der Waals surface area contributed by atoms with Gasteiger partial charge in [0.2, 0.25) is 5.91 Å². The van der Waals surface area contributed by atoms with E-state index in [1.807, 2.05) is 4.90 Å². The van der Waals surface area contributed by atoms with Gasteiger partial charge in [-0.2, -0.15) is 14.0 Å². The highest BCUT2D eigenvalue weighted by atomic mass is 19.3. The Bertz CT molecular complexity index is 1240. The van der Waals surface area contributed by atoms with Gasteiger partial charge in [-0.15, -0.1) is 5.10 Å². The van der Waals surface area contributed by atoms with Crippen LogP contribution in [-0.4, -0.2) is 52.5 Å². The summed E-state index contributed by atoms with van der Waals surface area (Å²) in [7, 11) is 1.59. The average Bonchev–Trinajstić information content (AvgIpc) is 3.11. The fourth-order valence-corrected chi connectivity index (χ4v) is 3.85. The van der Waals surface area contributed by atoms with Crippen LogP contribution in [0.25, 0.3) is 16.7 Å². The number of aromatic nitrogens is 4. The number of ether oxygens (including phenoxy) is 1. The van der Waals surface area contributed by atoms with Crippen LogP contribution in [0.2, 0.25) is 0 Å². The molecule has 0 bridgehead atoms. The van der Waals surface area contributed by atoms with E-state index in [0.717, 1.165) is 6.92 Å². The molecule has 4 heterocycles. The van der Waals surface area contributed by atoms with Crippen molar-refractivity contribution >= 4 is 28.4 Å². The first-order chi connectivity index (χ1) is 15.7. The zero-order valence-corrected chi connectivity index (χ0v) is 18.5. The van der Waals surface area contributed by atoms with E-state index in [0.29, 0.717) is 48.7 Å². The summed E-state index contributed by atoms with van der Waals surface area (Å²) in [5, 5.41) is 17.6.